The van der Waals surface area contributed by atoms with E-state index in [4.69, 9.17) is 19.5 Å². The maximum atomic E-state index is 12.7. The molecule has 3 unspecified atom stereocenters. The predicted octanol–water partition coefficient (Wildman–Crippen LogP) is 3.39. The Bertz CT molecular complexity index is 1160. The third kappa shape index (κ3) is 8.34. The van der Waals surface area contributed by atoms with E-state index in [1.807, 2.05) is 51.1 Å². The van der Waals surface area contributed by atoms with Crippen molar-refractivity contribution >= 4 is 12.2 Å². The number of alkyl carbamates (subject to hydrolysis) is 1. The topological polar surface area (TPSA) is 124 Å². The number of piperidine rings is 2. The molecule has 214 valence electrons. The van der Waals surface area contributed by atoms with Gasteiger partial charge in [-0.2, -0.15) is 5.26 Å². The highest BCUT2D eigenvalue weighted by atomic mass is 16.6. The van der Waals surface area contributed by atoms with Crippen molar-refractivity contribution < 1.29 is 28.9 Å². The van der Waals surface area contributed by atoms with Crippen molar-refractivity contribution in [3.05, 3.63) is 65.7 Å². The number of aliphatic hydroxyl groups is 1. The smallest absolute Gasteiger partial charge is 0.410 e. The molecule has 10 heteroatoms. The molecule has 0 radical (unpaired) electrons. The van der Waals surface area contributed by atoms with E-state index in [0.717, 1.165) is 5.56 Å². The van der Waals surface area contributed by atoms with Crippen LogP contribution in [-0.4, -0.2) is 84.2 Å². The van der Waals surface area contributed by atoms with Crippen LogP contribution in [0.5, 0.6) is 5.75 Å². The van der Waals surface area contributed by atoms with E-state index in [0.29, 0.717) is 44.0 Å². The van der Waals surface area contributed by atoms with Crippen molar-refractivity contribution in [1.82, 2.24) is 15.1 Å². The number of nitrogens with zero attached hydrogens (tertiary/aromatic N) is 3. The number of ether oxygens (including phenoxy) is 3. The zero-order valence-electron chi connectivity index (χ0n) is 23.3. The Hall–Kier alpha value is -3.81. The van der Waals surface area contributed by atoms with Gasteiger partial charge in [-0.1, -0.05) is 30.3 Å². The van der Waals surface area contributed by atoms with Crippen LogP contribution in [0.3, 0.4) is 0 Å². The van der Waals surface area contributed by atoms with Gasteiger partial charge in [-0.3, -0.25) is 0 Å². The summed E-state index contributed by atoms with van der Waals surface area (Å²) < 4.78 is 17.0. The zero-order chi connectivity index (χ0) is 28.7. The molecule has 10 nitrogen and oxygen atoms in total. The Kier molecular flexibility index (Phi) is 9.50. The number of amides is 2. The van der Waals surface area contributed by atoms with Crippen molar-refractivity contribution in [2.24, 2.45) is 11.8 Å². The van der Waals surface area contributed by atoms with Crippen molar-refractivity contribution in [1.29, 1.82) is 5.26 Å². The fourth-order valence-corrected chi connectivity index (χ4v) is 5.14. The normalized spacial score (nSPS) is 21.6. The van der Waals surface area contributed by atoms with E-state index in [2.05, 4.69) is 16.3 Å². The van der Waals surface area contributed by atoms with Gasteiger partial charge in [-0.05, 0) is 50.6 Å². The third-order valence-electron chi connectivity index (χ3n) is 6.96. The molecule has 2 saturated heterocycles. The maximum Gasteiger partial charge on any atom is 0.410 e. The largest absolute Gasteiger partial charge is 0.491 e. The minimum Gasteiger partial charge on any atom is -0.491 e. The first-order chi connectivity index (χ1) is 19.1. The van der Waals surface area contributed by atoms with E-state index < -0.39 is 23.8 Å². The number of likely N-dealkylation sites (tertiary alicyclic amines) is 2. The maximum absolute atomic E-state index is 12.7. The lowest BCUT2D eigenvalue weighted by atomic mass is 9.81. The van der Waals surface area contributed by atoms with Gasteiger partial charge in [-0.25, -0.2) is 9.59 Å². The average Bonchev–Trinajstić information content (AvgIpc) is 2.91. The summed E-state index contributed by atoms with van der Waals surface area (Å²) in [4.78, 5) is 29.3. The van der Waals surface area contributed by atoms with Gasteiger partial charge in [0, 0.05) is 44.6 Å². The Morgan fingerprint density at radius 2 is 1.70 bits per heavy atom. The number of fused-ring (bicyclic) bond motifs is 2. The summed E-state index contributed by atoms with van der Waals surface area (Å²) in [5.74, 6) is 0.317. The van der Waals surface area contributed by atoms with Gasteiger partial charge < -0.3 is 34.4 Å². The summed E-state index contributed by atoms with van der Waals surface area (Å²) in [6.07, 6.45) is -1.42. The van der Waals surface area contributed by atoms with Gasteiger partial charge >= 0.3 is 12.2 Å². The number of hydrogen-bond donors (Lipinski definition) is 2. The minimum atomic E-state index is -0.586. The third-order valence-corrected chi connectivity index (χ3v) is 6.96. The number of hydrogen-bond acceptors (Lipinski definition) is 8. The van der Waals surface area contributed by atoms with E-state index in [1.165, 1.54) is 0 Å². The summed E-state index contributed by atoms with van der Waals surface area (Å²) in [5, 5.41) is 22.8. The van der Waals surface area contributed by atoms with Crippen molar-refractivity contribution in [2.45, 2.75) is 45.1 Å². The average molecular weight is 551 g/mol. The van der Waals surface area contributed by atoms with Crippen LogP contribution >= 0.6 is 0 Å². The molecule has 2 bridgehead atoms. The van der Waals surface area contributed by atoms with Crippen LogP contribution in [0.15, 0.2) is 54.6 Å². The van der Waals surface area contributed by atoms with Crippen LogP contribution < -0.4 is 10.1 Å². The number of aliphatic hydroxyl groups excluding tert-OH is 1. The molecule has 40 heavy (non-hydrogen) atoms. The quantitative estimate of drug-likeness (QED) is 0.513. The van der Waals surface area contributed by atoms with Crippen LogP contribution in [0, 0.1) is 23.2 Å². The van der Waals surface area contributed by atoms with Crippen molar-refractivity contribution in [2.75, 3.05) is 39.3 Å². The monoisotopic (exact) mass is 550 g/mol. The van der Waals surface area contributed by atoms with Crippen molar-refractivity contribution in [3.63, 3.8) is 0 Å². The van der Waals surface area contributed by atoms with Crippen LogP contribution in [0.4, 0.5) is 9.59 Å². The highest BCUT2D eigenvalue weighted by Gasteiger charge is 2.44. The molecular weight excluding hydrogens is 512 g/mol. The van der Waals surface area contributed by atoms with E-state index in [9.17, 15) is 14.7 Å². The first-order valence-electron chi connectivity index (χ1n) is 13.6. The molecule has 0 aromatic heterocycles. The summed E-state index contributed by atoms with van der Waals surface area (Å²) in [5.41, 5.74) is 0.831. The van der Waals surface area contributed by atoms with Gasteiger partial charge in [-0.15, -0.1) is 0 Å². The van der Waals surface area contributed by atoms with Gasteiger partial charge in [0.05, 0.1) is 23.8 Å². The Balaban J connectivity index is 1.38. The van der Waals surface area contributed by atoms with Crippen LogP contribution in [0.25, 0.3) is 0 Å². The molecule has 2 aliphatic heterocycles. The minimum absolute atomic E-state index is 0.134. The Morgan fingerprint density at radius 3 is 2.30 bits per heavy atom. The Labute approximate surface area is 235 Å². The molecule has 2 fully saturated rings. The Morgan fingerprint density at radius 1 is 1.05 bits per heavy atom. The number of rotatable bonds is 8. The number of nitriles is 1. The molecule has 0 saturated carbocycles. The second kappa shape index (κ2) is 13.0. The highest BCUT2D eigenvalue weighted by molar-refractivity contribution is 5.68. The molecule has 2 aromatic carbocycles. The summed E-state index contributed by atoms with van der Waals surface area (Å²) in [6, 6.07) is 17.9. The number of carbonyl (C=O) groups is 2. The van der Waals surface area contributed by atoms with Gasteiger partial charge in [0.1, 0.15) is 24.6 Å². The first kappa shape index (κ1) is 29.2. The van der Waals surface area contributed by atoms with Gasteiger partial charge in [0.15, 0.2) is 0 Å². The van der Waals surface area contributed by atoms with Crippen LogP contribution in [-0.2, 0) is 16.1 Å². The lowest BCUT2D eigenvalue weighted by Gasteiger charge is -2.49. The fourth-order valence-electron chi connectivity index (χ4n) is 5.14. The standard InChI is InChI=1S/C30H38N4O6/c1-30(2,3)40-29(37)34-16-23-14-33(15-24(17-34)27(23)35)18-25(20-38-26-11-9-21(13-31)10-12-26)32-28(36)39-19-22-7-5-4-6-8-22/h4-12,23-25,27,35H,14-20H2,1-3H3,(H,32,36). The second-order valence-electron chi connectivity index (χ2n) is 11.5. The summed E-state index contributed by atoms with van der Waals surface area (Å²) in [7, 11) is 0. The SMILES string of the molecule is CC(C)(C)OC(=O)N1CC2CN(CC(COc3ccc(C#N)cc3)NC(=O)OCc3ccccc3)CC(C1)C2O. The molecule has 2 heterocycles. The molecule has 0 spiro atoms. The molecule has 2 aliphatic rings. The number of carbonyl (C=O) groups excluding carboxylic acids is 2. The lowest BCUT2D eigenvalue weighted by molar-refractivity contribution is -0.0816. The van der Waals surface area contributed by atoms with Crippen LogP contribution in [0.2, 0.25) is 0 Å². The predicted molar refractivity (Wildman–Crippen MR) is 147 cm³/mol. The van der Waals surface area contributed by atoms with E-state index >= 15 is 0 Å². The summed E-state index contributed by atoms with van der Waals surface area (Å²) in [6.45, 7) is 8.25. The number of nitrogens with one attached hydrogen (secondary N) is 1. The highest BCUT2D eigenvalue weighted by Crippen LogP contribution is 2.30. The molecule has 2 aromatic rings. The van der Waals surface area contributed by atoms with Crippen LogP contribution in [0.1, 0.15) is 31.9 Å². The van der Waals surface area contributed by atoms with E-state index in [1.54, 1.807) is 29.2 Å². The molecule has 0 aliphatic carbocycles. The molecule has 2 N–H and O–H groups in total. The van der Waals surface area contributed by atoms with Gasteiger partial charge in [0.2, 0.25) is 0 Å². The fraction of sp³-hybridized carbons (Fsp3) is 0.500. The lowest BCUT2D eigenvalue weighted by Crippen LogP contribution is -2.63. The molecular formula is C30H38N4O6. The van der Waals surface area contributed by atoms with Crippen molar-refractivity contribution in [3.8, 4) is 11.8 Å². The van der Waals surface area contributed by atoms with Gasteiger partial charge in [0.25, 0.3) is 0 Å². The molecule has 2 amide bonds. The zero-order valence-corrected chi connectivity index (χ0v) is 23.3. The first-order valence-corrected chi connectivity index (χ1v) is 13.6. The second-order valence-corrected chi connectivity index (χ2v) is 11.5. The van der Waals surface area contributed by atoms with E-state index in [-0.39, 0.29) is 31.1 Å². The molecule has 3 atom stereocenters. The summed E-state index contributed by atoms with van der Waals surface area (Å²) >= 11 is 0. The number of benzene rings is 2. The molecule has 4 rings (SSSR count).